The minimum atomic E-state index is -4.47. The number of carbonyl (C=O) groups excluding carboxylic acids is 1. The van der Waals surface area contributed by atoms with Crippen LogP contribution in [0.3, 0.4) is 0 Å². The largest absolute Gasteiger partial charge is 0.416 e. The van der Waals surface area contributed by atoms with Crippen LogP contribution < -0.4 is 16.6 Å². The van der Waals surface area contributed by atoms with Crippen molar-refractivity contribution >= 4 is 17.3 Å². The van der Waals surface area contributed by atoms with Gasteiger partial charge in [-0.05, 0) is 18.2 Å². The molecule has 16 heavy (non-hydrogen) atoms. The highest BCUT2D eigenvalue weighted by molar-refractivity contribution is 5.93. The Balaban J connectivity index is 3.15. The van der Waals surface area contributed by atoms with Gasteiger partial charge in [-0.2, -0.15) is 13.2 Å². The van der Waals surface area contributed by atoms with E-state index >= 15 is 0 Å². The number of carbonyl (C=O) groups is 1. The molecule has 0 saturated heterocycles. The molecule has 1 amide bonds. The van der Waals surface area contributed by atoms with E-state index in [1.54, 1.807) is 0 Å². The molecule has 0 radical (unpaired) electrons. The van der Waals surface area contributed by atoms with Crippen LogP contribution in [-0.4, -0.2) is 5.91 Å². The van der Waals surface area contributed by atoms with Crippen molar-refractivity contribution in [2.75, 3.05) is 10.7 Å². The second-order valence-electron chi connectivity index (χ2n) is 3.16. The molecule has 7 heteroatoms. The van der Waals surface area contributed by atoms with Crippen molar-refractivity contribution in [3.8, 4) is 0 Å². The van der Waals surface area contributed by atoms with Crippen LogP contribution in [-0.2, 0) is 11.0 Å². The molecule has 4 N–H and O–H groups in total. The highest BCUT2D eigenvalue weighted by Crippen LogP contribution is 2.33. The first-order valence-electron chi connectivity index (χ1n) is 4.25. The second-order valence-corrected chi connectivity index (χ2v) is 3.16. The lowest BCUT2D eigenvalue weighted by Crippen LogP contribution is -2.36. The van der Waals surface area contributed by atoms with Crippen molar-refractivity contribution in [1.29, 1.82) is 0 Å². The number of nitrogen functional groups attached to an aromatic ring is 1. The maximum absolute atomic E-state index is 12.3. The number of nitrogens with two attached hydrogens (primary N) is 2. The van der Waals surface area contributed by atoms with Gasteiger partial charge in [0, 0.05) is 6.92 Å². The molecule has 4 nitrogen and oxygen atoms in total. The minimum absolute atomic E-state index is 0.0421. The SMILES string of the molecule is CC(=O)N(N)c1ccc(C(F)(F)F)cc1N. The van der Waals surface area contributed by atoms with Gasteiger partial charge in [-0.25, -0.2) is 10.9 Å². The number of hydrazine groups is 1. The summed E-state index contributed by atoms with van der Waals surface area (Å²) in [5.74, 6) is 4.80. The van der Waals surface area contributed by atoms with Crippen molar-refractivity contribution < 1.29 is 18.0 Å². The van der Waals surface area contributed by atoms with Gasteiger partial charge in [-0.15, -0.1) is 0 Å². The number of hydrogen-bond donors (Lipinski definition) is 2. The van der Waals surface area contributed by atoms with Gasteiger partial charge in [0.05, 0.1) is 16.9 Å². The van der Waals surface area contributed by atoms with E-state index in [1.165, 1.54) is 6.92 Å². The predicted octanol–water partition coefficient (Wildman–Crippen LogP) is 1.51. The van der Waals surface area contributed by atoms with Crippen molar-refractivity contribution in [3.05, 3.63) is 23.8 Å². The van der Waals surface area contributed by atoms with Crippen molar-refractivity contribution in [1.82, 2.24) is 0 Å². The van der Waals surface area contributed by atoms with Crippen molar-refractivity contribution in [3.63, 3.8) is 0 Å². The molecular weight excluding hydrogens is 223 g/mol. The maximum atomic E-state index is 12.3. The molecule has 0 aliphatic rings. The highest BCUT2D eigenvalue weighted by atomic mass is 19.4. The van der Waals surface area contributed by atoms with E-state index in [4.69, 9.17) is 11.6 Å². The molecular formula is C9H10F3N3O. The molecule has 0 atom stereocenters. The number of nitrogens with zero attached hydrogens (tertiary/aromatic N) is 1. The lowest BCUT2D eigenvalue weighted by molar-refractivity contribution is -0.137. The van der Waals surface area contributed by atoms with E-state index < -0.39 is 17.6 Å². The number of hydrogen-bond acceptors (Lipinski definition) is 3. The third-order valence-electron chi connectivity index (χ3n) is 1.95. The summed E-state index contributed by atoms with van der Waals surface area (Å²) in [6, 6.07) is 2.60. The number of halogens is 3. The van der Waals surface area contributed by atoms with Gasteiger partial charge in [0.25, 0.3) is 0 Å². The van der Waals surface area contributed by atoms with E-state index in [0.717, 1.165) is 18.2 Å². The van der Waals surface area contributed by atoms with Gasteiger partial charge in [0.15, 0.2) is 0 Å². The third-order valence-corrected chi connectivity index (χ3v) is 1.95. The number of alkyl halides is 3. The van der Waals surface area contributed by atoms with Crippen LogP contribution >= 0.6 is 0 Å². The predicted molar refractivity (Wildman–Crippen MR) is 53.2 cm³/mol. The summed E-state index contributed by atoms with van der Waals surface area (Å²) >= 11 is 0. The van der Waals surface area contributed by atoms with E-state index in [1.807, 2.05) is 0 Å². The average molecular weight is 233 g/mol. The zero-order valence-corrected chi connectivity index (χ0v) is 8.38. The van der Waals surface area contributed by atoms with Crippen LogP contribution in [0.4, 0.5) is 24.5 Å². The molecule has 1 aromatic carbocycles. The summed E-state index contributed by atoms with van der Waals surface area (Å²) in [6.07, 6.45) is -4.47. The number of anilines is 2. The molecule has 0 aliphatic carbocycles. The number of rotatable bonds is 1. The molecule has 0 aliphatic heterocycles. The van der Waals surface area contributed by atoms with Gasteiger partial charge in [-0.1, -0.05) is 0 Å². The Morgan fingerprint density at radius 3 is 2.31 bits per heavy atom. The maximum Gasteiger partial charge on any atom is 0.416 e. The summed E-state index contributed by atoms with van der Waals surface area (Å²) < 4.78 is 36.9. The minimum Gasteiger partial charge on any atom is -0.397 e. The Morgan fingerprint density at radius 1 is 1.38 bits per heavy atom. The lowest BCUT2D eigenvalue weighted by Gasteiger charge is -2.17. The molecule has 0 fully saturated rings. The van der Waals surface area contributed by atoms with Crippen molar-refractivity contribution in [2.45, 2.75) is 13.1 Å². The van der Waals surface area contributed by atoms with Crippen molar-refractivity contribution in [2.24, 2.45) is 5.84 Å². The van der Waals surface area contributed by atoms with Crippen LogP contribution in [0.2, 0.25) is 0 Å². The number of amides is 1. The van der Waals surface area contributed by atoms with Crippen LogP contribution in [0, 0.1) is 0 Å². The summed E-state index contributed by atoms with van der Waals surface area (Å²) in [6.45, 7) is 1.18. The Labute approximate surface area is 89.6 Å². The normalized spacial score (nSPS) is 11.3. The van der Waals surface area contributed by atoms with Crippen LogP contribution in [0.1, 0.15) is 12.5 Å². The zero-order chi connectivity index (χ0) is 12.5. The highest BCUT2D eigenvalue weighted by Gasteiger charge is 2.31. The second kappa shape index (κ2) is 4.01. The fourth-order valence-corrected chi connectivity index (χ4v) is 1.12. The quantitative estimate of drug-likeness (QED) is 0.334. The average Bonchev–Trinajstić information content (AvgIpc) is 2.15. The topological polar surface area (TPSA) is 72.3 Å². The molecule has 0 spiro atoms. The Morgan fingerprint density at radius 2 is 1.94 bits per heavy atom. The van der Waals surface area contributed by atoms with E-state index in [0.29, 0.717) is 5.01 Å². The summed E-state index contributed by atoms with van der Waals surface area (Å²) in [5, 5.41) is 0.690. The van der Waals surface area contributed by atoms with Gasteiger partial charge in [-0.3, -0.25) is 4.79 Å². The summed E-state index contributed by atoms with van der Waals surface area (Å²) in [5.41, 5.74) is 4.34. The third kappa shape index (κ3) is 2.43. The van der Waals surface area contributed by atoms with Gasteiger partial charge >= 0.3 is 6.18 Å². The van der Waals surface area contributed by atoms with Gasteiger partial charge in [0.1, 0.15) is 0 Å². The molecule has 0 heterocycles. The zero-order valence-electron chi connectivity index (χ0n) is 8.38. The number of benzene rings is 1. The Hall–Kier alpha value is -1.76. The van der Waals surface area contributed by atoms with E-state index in [-0.39, 0.29) is 11.4 Å². The fraction of sp³-hybridized carbons (Fsp3) is 0.222. The van der Waals surface area contributed by atoms with Crippen LogP contribution in [0.5, 0.6) is 0 Å². The fourth-order valence-electron chi connectivity index (χ4n) is 1.12. The van der Waals surface area contributed by atoms with Crippen LogP contribution in [0.25, 0.3) is 0 Å². The molecule has 0 aromatic heterocycles. The Kier molecular flexibility index (Phi) is 3.09. The summed E-state index contributed by atoms with van der Waals surface area (Å²) in [7, 11) is 0. The molecule has 0 bridgehead atoms. The monoisotopic (exact) mass is 233 g/mol. The summed E-state index contributed by atoms with van der Waals surface area (Å²) in [4.78, 5) is 10.9. The van der Waals surface area contributed by atoms with Gasteiger partial charge in [0.2, 0.25) is 5.91 Å². The van der Waals surface area contributed by atoms with E-state index in [9.17, 15) is 18.0 Å². The van der Waals surface area contributed by atoms with Crippen LogP contribution in [0.15, 0.2) is 18.2 Å². The Bertz CT molecular complexity index is 417. The smallest absolute Gasteiger partial charge is 0.397 e. The first-order valence-corrected chi connectivity index (χ1v) is 4.25. The standard InChI is InChI=1S/C9H10F3N3O/c1-5(16)15(14)8-3-2-6(4-7(8)13)9(10,11)12/h2-4H,13-14H2,1H3. The van der Waals surface area contributed by atoms with Gasteiger partial charge < -0.3 is 5.73 Å². The lowest BCUT2D eigenvalue weighted by atomic mass is 10.1. The molecule has 1 aromatic rings. The first kappa shape index (κ1) is 12.3. The molecule has 0 saturated carbocycles. The van der Waals surface area contributed by atoms with E-state index in [2.05, 4.69) is 0 Å². The molecule has 0 unspecified atom stereocenters. The molecule has 1 rings (SSSR count). The molecule has 88 valence electrons. The first-order chi connectivity index (χ1) is 7.23.